The lowest BCUT2D eigenvalue weighted by atomic mass is 10.2. The van der Waals surface area contributed by atoms with Crippen LogP contribution in [0.2, 0.25) is 0 Å². The number of rotatable bonds is 8. The molecule has 0 heterocycles. The molecule has 20 heavy (non-hydrogen) atoms. The van der Waals surface area contributed by atoms with E-state index in [-0.39, 0.29) is 5.97 Å². The Morgan fingerprint density at radius 2 is 2.00 bits per heavy atom. The smallest absolute Gasteiger partial charge is 0.344 e. The topological polar surface area (TPSA) is 44.8 Å². The molecule has 110 valence electrons. The predicted molar refractivity (Wildman–Crippen MR) is 86.0 cm³/mol. The summed E-state index contributed by atoms with van der Waals surface area (Å²) >= 11 is 1.98. The van der Waals surface area contributed by atoms with Crippen LogP contribution in [0.15, 0.2) is 33.9 Å². The predicted octanol–water partition coefficient (Wildman–Crippen LogP) is 3.48. The average Bonchev–Trinajstić information content (AvgIpc) is 2.47. The zero-order valence-electron chi connectivity index (χ0n) is 11.7. The number of benzene rings is 1. The van der Waals surface area contributed by atoms with Crippen molar-refractivity contribution in [3.05, 3.63) is 39.5 Å². The van der Waals surface area contributed by atoms with Gasteiger partial charge in [-0.05, 0) is 53.6 Å². The van der Waals surface area contributed by atoms with Crippen molar-refractivity contribution >= 4 is 28.6 Å². The van der Waals surface area contributed by atoms with Crippen LogP contribution in [0.3, 0.4) is 0 Å². The van der Waals surface area contributed by atoms with Gasteiger partial charge in [0.15, 0.2) is 0 Å². The van der Waals surface area contributed by atoms with Gasteiger partial charge in [-0.3, -0.25) is 0 Å². The largest absolute Gasteiger partial charge is 0.497 e. The second-order valence-corrected chi connectivity index (χ2v) is 5.12. The second-order valence-electron chi connectivity index (χ2n) is 3.96. The first-order valence-corrected chi connectivity index (χ1v) is 7.48. The van der Waals surface area contributed by atoms with Crippen molar-refractivity contribution in [3.8, 4) is 5.75 Å². The third-order valence-electron chi connectivity index (χ3n) is 2.48. The Bertz CT molecular complexity index is 440. The number of halogens is 1. The van der Waals surface area contributed by atoms with Gasteiger partial charge in [-0.1, -0.05) is 18.2 Å². The van der Waals surface area contributed by atoms with Crippen molar-refractivity contribution in [2.24, 2.45) is 0 Å². The molecule has 1 aromatic rings. The monoisotopic (exact) mass is 390 g/mol. The molecular weight excluding hydrogens is 371 g/mol. The molecule has 0 fully saturated rings. The van der Waals surface area contributed by atoms with Crippen molar-refractivity contribution in [1.29, 1.82) is 0 Å². The summed E-state index contributed by atoms with van der Waals surface area (Å²) in [6.45, 7) is 3.30. The molecule has 0 saturated heterocycles. The van der Waals surface area contributed by atoms with Crippen LogP contribution in [0.4, 0.5) is 0 Å². The number of ether oxygens (including phenoxy) is 3. The summed E-state index contributed by atoms with van der Waals surface area (Å²) in [7, 11) is 1.64. The van der Waals surface area contributed by atoms with Crippen LogP contribution in [-0.4, -0.2) is 26.3 Å². The lowest BCUT2D eigenvalue weighted by molar-refractivity contribution is -0.137. The lowest BCUT2D eigenvalue weighted by Crippen LogP contribution is -2.03. The maximum absolute atomic E-state index is 11.3. The Balaban J connectivity index is 2.24. The van der Waals surface area contributed by atoms with Crippen LogP contribution in [0.25, 0.3) is 0 Å². The molecule has 0 unspecified atom stereocenters. The van der Waals surface area contributed by atoms with Crippen LogP contribution in [0, 0.1) is 0 Å². The highest BCUT2D eigenvalue weighted by atomic mass is 127. The van der Waals surface area contributed by atoms with Gasteiger partial charge in [0.2, 0.25) is 0 Å². The fraction of sp³-hybridized carbons (Fsp3) is 0.400. The highest BCUT2D eigenvalue weighted by Crippen LogP contribution is 2.12. The molecule has 0 spiro atoms. The average molecular weight is 390 g/mol. The molecule has 1 rings (SSSR count). The third kappa shape index (κ3) is 6.38. The lowest BCUT2D eigenvalue weighted by Gasteiger charge is -2.04. The van der Waals surface area contributed by atoms with Gasteiger partial charge in [0.1, 0.15) is 5.75 Å². The summed E-state index contributed by atoms with van der Waals surface area (Å²) in [5.74, 6) is 0.559. The molecule has 4 nitrogen and oxygen atoms in total. The number of carbonyl (C=O) groups is 1. The van der Waals surface area contributed by atoms with E-state index in [9.17, 15) is 4.79 Å². The molecule has 0 radical (unpaired) electrons. The molecule has 0 N–H and O–H groups in total. The fourth-order valence-corrected chi connectivity index (χ4v) is 1.93. The molecule has 5 heteroatoms. The summed E-state index contributed by atoms with van der Waals surface area (Å²) in [6.07, 6.45) is 2.51. The van der Waals surface area contributed by atoms with E-state index in [0.717, 1.165) is 11.3 Å². The second kappa shape index (κ2) is 9.77. The van der Waals surface area contributed by atoms with E-state index >= 15 is 0 Å². The summed E-state index contributed by atoms with van der Waals surface area (Å²) in [6, 6.07) is 7.75. The maximum Gasteiger partial charge on any atom is 0.344 e. The molecule has 1 aromatic carbocycles. The van der Waals surface area contributed by atoms with Crippen LogP contribution < -0.4 is 4.74 Å². The van der Waals surface area contributed by atoms with Crippen molar-refractivity contribution in [3.63, 3.8) is 0 Å². The minimum absolute atomic E-state index is 0.275. The molecule has 0 aliphatic heterocycles. The van der Waals surface area contributed by atoms with Crippen LogP contribution >= 0.6 is 22.6 Å². The van der Waals surface area contributed by atoms with Crippen molar-refractivity contribution < 1.29 is 19.0 Å². The molecule has 0 aromatic heterocycles. The van der Waals surface area contributed by atoms with Crippen LogP contribution in [0.5, 0.6) is 5.75 Å². The molecule has 0 atom stereocenters. The summed E-state index contributed by atoms with van der Waals surface area (Å²) < 4.78 is 16.1. The van der Waals surface area contributed by atoms with E-state index in [2.05, 4.69) is 0 Å². The van der Waals surface area contributed by atoms with E-state index in [1.807, 2.05) is 52.9 Å². The Hall–Kier alpha value is -1.08. The van der Waals surface area contributed by atoms with Gasteiger partial charge in [-0.15, -0.1) is 0 Å². The van der Waals surface area contributed by atoms with E-state index in [0.29, 0.717) is 29.8 Å². The van der Waals surface area contributed by atoms with E-state index < -0.39 is 0 Å². The number of carbonyl (C=O) groups excluding carboxylic acids is 1. The van der Waals surface area contributed by atoms with Gasteiger partial charge >= 0.3 is 5.97 Å². The first kappa shape index (κ1) is 17.0. The number of methoxy groups -OCH3 is 1. The van der Waals surface area contributed by atoms with Crippen molar-refractivity contribution in [1.82, 2.24) is 0 Å². The fourth-order valence-electron chi connectivity index (χ4n) is 1.46. The van der Waals surface area contributed by atoms with Crippen molar-refractivity contribution in [2.75, 3.05) is 20.3 Å². The maximum atomic E-state index is 11.3. The zero-order valence-corrected chi connectivity index (χ0v) is 13.9. The van der Waals surface area contributed by atoms with Gasteiger partial charge in [-0.2, -0.15) is 0 Å². The molecule has 0 aliphatic rings. The number of hydrogen-bond donors (Lipinski definition) is 0. The number of hydrogen-bond acceptors (Lipinski definition) is 4. The zero-order chi connectivity index (χ0) is 14.8. The molecule has 0 saturated carbocycles. The molecular formula is C15H19IO4. The van der Waals surface area contributed by atoms with Gasteiger partial charge < -0.3 is 14.2 Å². The SMILES string of the molecule is CCOC(=O)C(I)=CCCOCc1ccc(OC)cc1. The van der Waals surface area contributed by atoms with Crippen LogP contribution in [0.1, 0.15) is 18.9 Å². The quantitative estimate of drug-likeness (QED) is 0.295. The van der Waals surface area contributed by atoms with E-state index in [1.165, 1.54) is 0 Å². The summed E-state index contributed by atoms with van der Waals surface area (Å²) in [5, 5.41) is 0. The summed E-state index contributed by atoms with van der Waals surface area (Å²) in [5.41, 5.74) is 1.09. The van der Waals surface area contributed by atoms with E-state index in [1.54, 1.807) is 14.0 Å². The van der Waals surface area contributed by atoms with E-state index in [4.69, 9.17) is 14.2 Å². The van der Waals surface area contributed by atoms with Crippen molar-refractivity contribution in [2.45, 2.75) is 20.0 Å². The normalized spacial score (nSPS) is 11.2. The van der Waals surface area contributed by atoms with Gasteiger partial charge in [0.25, 0.3) is 0 Å². The van der Waals surface area contributed by atoms with Gasteiger partial charge in [0.05, 0.1) is 30.5 Å². The first-order valence-electron chi connectivity index (χ1n) is 6.40. The van der Waals surface area contributed by atoms with Crippen LogP contribution in [-0.2, 0) is 20.9 Å². The standard InChI is InChI=1S/C15H19IO4/c1-3-20-15(17)14(16)5-4-10-19-11-12-6-8-13(18-2)9-7-12/h5-9H,3-4,10-11H2,1-2H3. The summed E-state index contributed by atoms with van der Waals surface area (Å²) in [4.78, 5) is 11.3. The molecule has 0 amide bonds. The van der Waals surface area contributed by atoms with Gasteiger partial charge in [0, 0.05) is 0 Å². The van der Waals surface area contributed by atoms with Gasteiger partial charge in [-0.25, -0.2) is 4.79 Å². The minimum atomic E-state index is -0.275. The highest BCUT2D eigenvalue weighted by molar-refractivity contribution is 14.1. The number of esters is 1. The first-order chi connectivity index (χ1) is 9.67. The molecule has 0 aliphatic carbocycles. The Morgan fingerprint density at radius 3 is 2.60 bits per heavy atom. The third-order valence-corrected chi connectivity index (χ3v) is 3.36. The Morgan fingerprint density at radius 1 is 1.30 bits per heavy atom. The Labute approximate surface area is 133 Å². The minimum Gasteiger partial charge on any atom is -0.497 e. The molecule has 0 bridgehead atoms. The highest BCUT2D eigenvalue weighted by Gasteiger charge is 2.04. The Kier molecular flexibility index (Phi) is 8.29.